The van der Waals surface area contributed by atoms with Gasteiger partial charge in [0.05, 0.1) is 30.3 Å². The van der Waals surface area contributed by atoms with Gasteiger partial charge in [-0.15, -0.1) is 0 Å². The number of amides is 1. The monoisotopic (exact) mass is 513 g/mol. The van der Waals surface area contributed by atoms with Crippen LogP contribution in [0.15, 0.2) is 58.8 Å². The number of ether oxygens (including phenoxy) is 2. The lowest BCUT2D eigenvalue weighted by Crippen LogP contribution is -2.48. The molecule has 11 nitrogen and oxygen atoms in total. The summed E-state index contributed by atoms with van der Waals surface area (Å²) in [5.74, 6) is -1.61. The number of halogens is 1. The third-order valence-corrected chi connectivity index (χ3v) is 6.81. The largest absolute Gasteiger partial charge is 0.389 e. The van der Waals surface area contributed by atoms with Gasteiger partial charge in [0.25, 0.3) is 11.6 Å². The Morgan fingerprint density at radius 2 is 1.83 bits per heavy atom. The number of oxime groups is 1. The van der Waals surface area contributed by atoms with Crippen LogP contribution in [0.4, 0.5) is 11.4 Å². The van der Waals surface area contributed by atoms with Crippen LogP contribution < -0.4 is 10.3 Å². The maximum absolute atomic E-state index is 12.7. The lowest BCUT2D eigenvalue weighted by molar-refractivity contribution is -0.384. The van der Waals surface area contributed by atoms with E-state index in [1.54, 1.807) is 36.4 Å². The van der Waals surface area contributed by atoms with Crippen LogP contribution in [0.3, 0.4) is 0 Å². The Morgan fingerprint density at radius 3 is 2.53 bits per heavy atom. The van der Waals surface area contributed by atoms with E-state index < -0.39 is 22.7 Å². The zero-order chi connectivity index (χ0) is 25.1. The summed E-state index contributed by atoms with van der Waals surface area (Å²) in [5.41, 5.74) is 4.47. The van der Waals surface area contributed by atoms with Crippen molar-refractivity contribution >= 4 is 40.8 Å². The number of nitrogens with zero attached hydrogens (tertiary/aromatic N) is 4. The number of fused-ring (bicyclic) bond motifs is 1. The topological polar surface area (TPSA) is 128 Å². The second-order valence-corrected chi connectivity index (χ2v) is 9.21. The van der Waals surface area contributed by atoms with Crippen LogP contribution in [0.1, 0.15) is 18.4 Å². The second-order valence-electron chi connectivity index (χ2n) is 8.77. The number of hydrogen-bond donors (Lipinski definition) is 1. The predicted molar refractivity (Wildman–Crippen MR) is 132 cm³/mol. The molecule has 2 atom stereocenters. The molecule has 3 heterocycles. The Bertz CT molecular complexity index is 1180. The number of rotatable bonds is 5. The Morgan fingerprint density at radius 1 is 1.14 bits per heavy atom. The number of hydrazone groups is 1. The van der Waals surface area contributed by atoms with Gasteiger partial charge in [0.2, 0.25) is 0 Å². The van der Waals surface area contributed by atoms with E-state index in [-0.39, 0.29) is 30.5 Å². The number of non-ortho nitro benzene ring substituents is 1. The summed E-state index contributed by atoms with van der Waals surface area (Å²) in [6, 6.07) is 13.5. The first-order valence-electron chi connectivity index (χ1n) is 11.5. The van der Waals surface area contributed by atoms with Crippen molar-refractivity contribution in [2.75, 3.05) is 31.2 Å². The highest BCUT2D eigenvalue weighted by molar-refractivity contribution is 6.40. The molecular weight excluding hydrogens is 490 g/mol. The molecule has 1 N–H and O–H groups in total. The van der Waals surface area contributed by atoms with Crippen molar-refractivity contribution in [3.8, 4) is 0 Å². The van der Waals surface area contributed by atoms with Gasteiger partial charge in [-0.3, -0.25) is 14.9 Å². The van der Waals surface area contributed by atoms with Crippen LogP contribution in [0.5, 0.6) is 0 Å². The molecule has 5 rings (SSSR count). The molecule has 2 aromatic carbocycles. The van der Waals surface area contributed by atoms with Gasteiger partial charge in [-0.1, -0.05) is 28.9 Å². The van der Waals surface area contributed by atoms with Crippen molar-refractivity contribution in [2.24, 2.45) is 16.2 Å². The number of nitro groups is 1. The first-order valence-corrected chi connectivity index (χ1v) is 11.9. The van der Waals surface area contributed by atoms with E-state index in [0.29, 0.717) is 31.0 Å². The van der Waals surface area contributed by atoms with Gasteiger partial charge in [0, 0.05) is 48.8 Å². The van der Waals surface area contributed by atoms with Crippen molar-refractivity contribution in [1.82, 2.24) is 5.43 Å². The van der Waals surface area contributed by atoms with Crippen LogP contribution in [-0.2, 0) is 19.1 Å². The number of nitrogens with one attached hydrogen (secondary N) is 1. The van der Waals surface area contributed by atoms with Crippen molar-refractivity contribution < 1.29 is 24.0 Å². The molecule has 188 valence electrons. The minimum Gasteiger partial charge on any atom is -0.389 e. The molecule has 12 heteroatoms. The Kier molecular flexibility index (Phi) is 6.86. The molecule has 2 fully saturated rings. The number of carbonyl (C=O) groups is 1. The lowest BCUT2D eigenvalue weighted by atomic mass is 9.98. The number of anilines is 1. The molecule has 0 saturated carbocycles. The first-order chi connectivity index (χ1) is 17.4. The smallest absolute Gasteiger partial charge is 0.289 e. The van der Waals surface area contributed by atoms with E-state index in [4.69, 9.17) is 25.9 Å². The SMILES string of the molecule is O=C(N/N=C/c1ccc(Cl)cc1)C1=NO[C@H]2COC3(CCN(c4ccc([N+](=O)[O-])cc4)CC3)OC[C@H]12. The zero-order valence-electron chi connectivity index (χ0n) is 19.2. The van der Waals surface area contributed by atoms with Gasteiger partial charge >= 0.3 is 0 Å². The lowest BCUT2D eigenvalue weighted by Gasteiger charge is -2.41. The minimum absolute atomic E-state index is 0.0615. The molecule has 3 aliphatic rings. The highest BCUT2D eigenvalue weighted by atomic mass is 35.5. The van der Waals surface area contributed by atoms with Crippen molar-refractivity contribution in [3.05, 3.63) is 69.2 Å². The van der Waals surface area contributed by atoms with Gasteiger partial charge in [-0.05, 0) is 29.8 Å². The van der Waals surface area contributed by atoms with Gasteiger partial charge in [0.15, 0.2) is 17.6 Å². The molecule has 36 heavy (non-hydrogen) atoms. The third kappa shape index (κ3) is 5.18. The van der Waals surface area contributed by atoms with Crippen LogP contribution in [0, 0.1) is 16.0 Å². The Hall–Kier alpha value is -3.54. The zero-order valence-corrected chi connectivity index (χ0v) is 20.0. The van der Waals surface area contributed by atoms with Gasteiger partial charge < -0.3 is 19.2 Å². The van der Waals surface area contributed by atoms with Crippen molar-refractivity contribution in [2.45, 2.75) is 24.7 Å². The van der Waals surface area contributed by atoms with E-state index >= 15 is 0 Å². The fraction of sp³-hybridized carbons (Fsp3) is 0.375. The van der Waals surface area contributed by atoms with Crippen molar-refractivity contribution in [1.29, 1.82) is 0 Å². The quantitative estimate of drug-likeness (QED) is 0.369. The Labute approximate surface area is 211 Å². The van der Waals surface area contributed by atoms with E-state index in [1.807, 2.05) is 0 Å². The summed E-state index contributed by atoms with van der Waals surface area (Å²) >= 11 is 5.88. The number of benzene rings is 2. The van der Waals surface area contributed by atoms with Gasteiger partial charge in [-0.25, -0.2) is 5.43 Å². The fourth-order valence-corrected chi connectivity index (χ4v) is 4.58. The standard InChI is InChI=1S/C24H24ClN5O6/c25-17-3-1-16(2-4-17)13-26-27-23(31)22-20-14-34-24(35-15-21(20)36-28-22)9-11-29(12-10-24)18-5-7-19(8-6-18)30(32)33/h1-8,13,20-21H,9-12,14-15H2,(H,27,31)/b26-13+/t20-,21-/m0/s1. The summed E-state index contributed by atoms with van der Waals surface area (Å²) in [4.78, 5) is 30.8. The predicted octanol–water partition coefficient (Wildman–Crippen LogP) is 3.11. The van der Waals surface area contributed by atoms with Crippen LogP contribution >= 0.6 is 11.6 Å². The molecule has 2 saturated heterocycles. The molecule has 3 aliphatic heterocycles. The first kappa shape index (κ1) is 24.2. The van der Waals surface area contributed by atoms with Gasteiger partial charge in [-0.2, -0.15) is 5.10 Å². The summed E-state index contributed by atoms with van der Waals surface area (Å²) < 4.78 is 12.4. The molecule has 2 aromatic rings. The average Bonchev–Trinajstić information content (AvgIpc) is 3.23. The molecule has 0 bridgehead atoms. The fourth-order valence-electron chi connectivity index (χ4n) is 4.45. The van der Waals surface area contributed by atoms with E-state index in [9.17, 15) is 14.9 Å². The number of hydrogen-bond acceptors (Lipinski definition) is 9. The van der Waals surface area contributed by atoms with E-state index in [2.05, 4.69) is 20.6 Å². The second kappa shape index (κ2) is 10.2. The normalized spacial score (nSPS) is 23.0. The highest BCUT2D eigenvalue weighted by Gasteiger charge is 2.47. The number of carbonyl (C=O) groups excluding carboxylic acids is 1. The molecule has 1 amide bonds. The third-order valence-electron chi connectivity index (χ3n) is 6.56. The van der Waals surface area contributed by atoms with Gasteiger partial charge in [0.1, 0.15) is 0 Å². The minimum atomic E-state index is -0.778. The maximum atomic E-state index is 12.7. The molecule has 0 radical (unpaired) electrons. The number of nitro benzene ring substituents is 1. The molecular formula is C24H24ClN5O6. The van der Waals surface area contributed by atoms with Crippen LogP contribution in [0.25, 0.3) is 0 Å². The average molecular weight is 514 g/mol. The highest BCUT2D eigenvalue weighted by Crippen LogP contribution is 2.36. The summed E-state index contributed by atoms with van der Waals surface area (Å²) in [7, 11) is 0. The molecule has 1 spiro atoms. The molecule has 0 aromatic heterocycles. The Balaban J connectivity index is 1.16. The maximum Gasteiger partial charge on any atom is 0.289 e. The van der Waals surface area contributed by atoms with Crippen LogP contribution in [-0.4, -0.2) is 61.0 Å². The van der Waals surface area contributed by atoms with E-state index in [0.717, 1.165) is 11.3 Å². The molecule has 0 aliphatic carbocycles. The van der Waals surface area contributed by atoms with Crippen LogP contribution in [0.2, 0.25) is 5.02 Å². The summed E-state index contributed by atoms with van der Waals surface area (Å²) in [5, 5.41) is 19.5. The van der Waals surface area contributed by atoms with Crippen molar-refractivity contribution in [3.63, 3.8) is 0 Å². The molecule has 0 unspecified atom stereocenters. The number of piperidine rings is 1. The summed E-state index contributed by atoms with van der Waals surface area (Å²) in [6.45, 7) is 1.80. The van der Waals surface area contributed by atoms with E-state index in [1.165, 1.54) is 18.3 Å². The summed E-state index contributed by atoms with van der Waals surface area (Å²) in [6.07, 6.45) is 2.31.